The molecule has 0 aromatic carbocycles. The Morgan fingerprint density at radius 1 is 1.21 bits per heavy atom. The fourth-order valence-corrected chi connectivity index (χ4v) is 4.54. The molecule has 1 spiro atoms. The van der Waals surface area contributed by atoms with Crippen LogP contribution in [-0.2, 0) is 15.7 Å². The second-order valence-corrected chi connectivity index (χ2v) is 8.48. The Morgan fingerprint density at radius 3 is 2.76 bits per heavy atom. The maximum atomic E-state index is 14.0. The number of ether oxygens (including phenoxy) is 2. The van der Waals surface area contributed by atoms with E-state index in [4.69, 9.17) is 9.47 Å². The van der Waals surface area contributed by atoms with E-state index in [9.17, 15) is 13.2 Å². The zero-order chi connectivity index (χ0) is 22.6. The van der Waals surface area contributed by atoms with Crippen molar-refractivity contribution in [2.75, 3.05) is 44.7 Å². The van der Waals surface area contributed by atoms with Crippen LogP contribution in [0.1, 0.15) is 11.8 Å². The largest absolute Gasteiger partial charge is 0.419 e. The van der Waals surface area contributed by atoms with E-state index in [-0.39, 0.29) is 29.5 Å². The van der Waals surface area contributed by atoms with E-state index in [1.165, 1.54) is 0 Å². The van der Waals surface area contributed by atoms with Gasteiger partial charge in [0.1, 0.15) is 23.0 Å². The highest BCUT2D eigenvalue weighted by molar-refractivity contribution is 5.94. The van der Waals surface area contributed by atoms with E-state index in [1.807, 2.05) is 0 Å². The van der Waals surface area contributed by atoms with Crippen LogP contribution in [0.2, 0.25) is 0 Å². The van der Waals surface area contributed by atoms with Gasteiger partial charge < -0.3 is 30.0 Å². The summed E-state index contributed by atoms with van der Waals surface area (Å²) in [7, 11) is 0. The van der Waals surface area contributed by atoms with E-state index >= 15 is 0 Å². The Balaban J connectivity index is 1.45. The van der Waals surface area contributed by atoms with Gasteiger partial charge in [0, 0.05) is 55.7 Å². The number of nitrogens with zero attached hydrogens (tertiary/aromatic N) is 4. The topological polar surface area (TPSA) is 98.2 Å². The molecule has 9 nitrogen and oxygen atoms in total. The van der Waals surface area contributed by atoms with Crippen LogP contribution in [0.15, 0.2) is 30.7 Å². The predicted molar refractivity (Wildman–Crippen MR) is 113 cm³/mol. The molecule has 33 heavy (non-hydrogen) atoms. The molecular weight excluding hydrogens is 439 g/mol. The maximum Gasteiger partial charge on any atom is 0.419 e. The van der Waals surface area contributed by atoms with Crippen molar-refractivity contribution in [2.24, 2.45) is 0 Å². The number of rotatable bonds is 4. The van der Waals surface area contributed by atoms with Gasteiger partial charge in [-0.15, -0.1) is 0 Å². The number of anilines is 1. The number of fused-ring (bicyclic) bond motifs is 1. The second-order valence-electron chi connectivity index (χ2n) is 8.48. The Bertz CT molecular complexity index is 1180. The van der Waals surface area contributed by atoms with Crippen molar-refractivity contribution in [1.29, 1.82) is 0 Å². The lowest BCUT2D eigenvalue weighted by Gasteiger charge is -2.55. The first kappa shape index (κ1) is 20.8. The molecule has 3 aromatic rings. The smallest absolute Gasteiger partial charge is 0.368 e. The Labute approximate surface area is 186 Å². The van der Waals surface area contributed by atoms with Crippen molar-refractivity contribution >= 4 is 17.0 Å². The molecule has 174 valence electrons. The fourth-order valence-electron chi connectivity index (χ4n) is 4.54. The number of pyridine rings is 1. The summed E-state index contributed by atoms with van der Waals surface area (Å²) in [4.78, 5) is 12.7. The predicted octanol–water partition coefficient (Wildman–Crippen LogP) is 1.78. The van der Waals surface area contributed by atoms with Crippen LogP contribution in [0.4, 0.5) is 19.1 Å². The molecular formula is C21H22F3N7O2. The van der Waals surface area contributed by atoms with Gasteiger partial charge in [0.05, 0.1) is 24.9 Å². The van der Waals surface area contributed by atoms with Crippen LogP contribution < -0.4 is 16.0 Å². The van der Waals surface area contributed by atoms with Gasteiger partial charge in [0.2, 0.25) is 5.95 Å². The molecule has 3 aliphatic rings. The Hall–Kier alpha value is -2.80. The summed E-state index contributed by atoms with van der Waals surface area (Å²) in [5, 5.41) is 10.1. The van der Waals surface area contributed by atoms with Gasteiger partial charge in [-0.05, 0) is 12.1 Å². The third-order valence-corrected chi connectivity index (χ3v) is 6.48. The van der Waals surface area contributed by atoms with Crippen LogP contribution in [0.3, 0.4) is 0 Å². The van der Waals surface area contributed by atoms with Gasteiger partial charge >= 0.3 is 6.18 Å². The van der Waals surface area contributed by atoms with E-state index in [0.29, 0.717) is 49.4 Å². The van der Waals surface area contributed by atoms with Gasteiger partial charge in [-0.3, -0.25) is 0 Å². The summed E-state index contributed by atoms with van der Waals surface area (Å²) in [6.45, 7) is 3.58. The highest BCUT2D eigenvalue weighted by Gasteiger charge is 2.53. The zero-order valence-corrected chi connectivity index (χ0v) is 17.5. The molecule has 3 N–H and O–H groups in total. The zero-order valence-electron chi connectivity index (χ0n) is 17.5. The standard InChI is InChI=1S/C21H22F3N7O2/c22-21(23,24)14-6-28-19(29-15-9-33-20(15)10-26-11-20)30-17(14)13-8-31(16-7-25-4-5-32-16)18-12(13)2-1-3-27-18/h1-3,6,8,15-16,25-26H,4-5,7,9-11H2,(H,28,29,30). The van der Waals surface area contributed by atoms with Gasteiger partial charge in [-0.2, -0.15) is 13.2 Å². The number of hydrogen-bond donors (Lipinski definition) is 3. The molecule has 0 radical (unpaired) electrons. The molecule has 3 aromatic heterocycles. The highest BCUT2D eigenvalue weighted by Crippen LogP contribution is 2.40. The normalized spacial score (nSPS) is 24.5. The third kappa shape index (κ3) is 3.44. The van der Waals surface area contributed by atoms with Gasteiger partial charge in [-0.25, -0.2) is 15.0 Å². The monoisotopic (exact) mass is 461 g/mol. The minimum atomic E-state index is -4.62. The summed E-state index contributed by atoms with van der Waals surface area (Å²) in [5.74, 6) is 0.137. The number of nitrogens with one attached hydrogen (secondary N) is 3. The minimum Gasteiger partial charge on any atom is -0.368 e. The quantitative estimate of drug-likeness (QED) is 0.541. The molecule has 2 unspecified atom stereocenters. The Kier molecular flexibility index (Phi) is 4.80. The SMILES string of the molecule is FC(F)(F)c1cnc(NC2COC23CNC3)nc1-c1cn(C2CNCCO2)c2ncccc12. The molecule has 6 heterocycles. The van der Waals surface area contributed by atoms with Gasteiger partial charge in [0.25, 0.3) is 0 Å². The molecule has 3 fully saturated rings. The molecule has 3 aliphatic heterocycles. The van der Waals surface area contributed by atoms with E-state index in [0.717, 1.165) is 12.7 Å². The van der Waals surface area contributed by atoms with Crippen LogP contribution in [0.5, 0.6) is 0 Å². The average Bonchev–Trinajstić information content (AvgIpc) is 3.15. The maximum absolute atomic E-state index is 14.0. The summed E-state index contributed by atoms with van der Waals surface area (Å²) >= 11 is 0. The van der Waals surface area contributed by atoms with Crippen LogP contribution in [0, 0.1) is 0 Å². The average molecular weight is 461 g/mol. The number of hydrogen-bond acceptors (Lipinski definition) is 8. The second kappa shape index (κ2) is 7.62. The molecule has 0 aliphatic carbocycles. The van der Waals surface area contributed by atoms with Crippen LogP contribution in [-0.4, -0.2) is 70.6 Å². The first-order valence-corrected chi connectivity index (χ1v) is 10.8. The first-order chi connectivity index (χ1) is 15.9. The lowest BCUT2D eigenvalue weighted by Crippen LogP contribution is -2.77. The number of morpholine rings is 1. The molecule has 12 heteroatoms. The Morgan fingerprint density at radius 2 is 2.09 bits per heavy atom. The summed E-state index contributed by atoms with van der Waals surface area (Å²) in [5.41, 5.74) is -0.563. The van der Waals surface area contributed by atoms with Crippen LogP contribution in [0.25, 0.3) is 22.3 Å². The lowest BCUT2D eigenvalue weighted by molar-refractivity contribution is -0.184. The first-order valence-electron chi connectivity index (χ1n) is 10.8. The fraction of sp³-hybridized carbons (Fsp3) is 0.476. The van der Waals surface area contributed by atoms with E-state index in [2.05, 4.69) is 30.9 Å². The highest BCUT2D eigenvalue weighted by atomic mass is 19.4. The summed E-state index contributed by atoms with van der Waals surface area (Å²) in [6, 6.07) is 3.38. The summed E-state index contributed by atoms with van der Waals surface area (Å²) < 4.78 is 55.2. The molecule has 2 atom stereocenters. The molecule has 0 bridgehead atoms. The number of halogens is 3. The van der Waals surface area contributed by atoms with Gasteiger partial charge in [0.15, 0.2) is 0 Å². The summed E-state index contributed by atoms with van der Waals surface area (Å²) in [6.07, 6.45) is -0.906. The van der Waals surface area contributed by atoms with Gasteiger partial charge in [-0.1, -0.05) is 0 Å². The van der Waals surface area contributed by atoms with Crippen molar-refractivity contribution in [3.63, 3.8) is 0 Å². The van der Waals surface area contributed by atoms with E-state index < -0.39 is 11.7 Å². The van der Waals surface area contributed by atoms with Crippen molar-refractivity contribution in [3.8, 4) is 11.3 Å². The van der Waals surface area contributed by atoms with Crippen molar-refractivity contribution in [2.45, 2.75) is 24.0 Å². The molecule has 0 amide bonds. The number of alkyl halides is 3. The van der Waals surface area contributed by atoms with Crippen molar-refractivity contribution in [3.05, 3.63) is 36.3 Å². The molecule has 0 saturated carbocycles. The third-order valence-electron chi connectivity index (χ3n) is 6.48. The number of aromatic nitrogens is 4. The van der Waals surface area contributed by atoms with Crippen LogP contribution >= 0.6 is 0 Å². The van der Waals surface area contributed by atoms with Crippen molar-refractivity contribution < 1.29 is 22.6 Å². The lowest BCUT2D eigenvalue weighted by atomic mass is 9.83. The van der Waals surface area contributed by atoms with E-state index in [1.54, 1.807) is 29.1 Å². The molecule has 6 rings (SSSR count). The van der Waals surface area contributed by atoms with Crippen molar-refractivity contribution in [1.82, 2.24) is 30.2 Å². The minimum absolute atomic E-state index is 0.0620. The molecule has 3 saturated heterocycles.